The maximum absolute atomic E-state index is 11.8. The van der Waals surface area contributed by atoms with Crippen molar-refractivity contribution < 1.29 is 18.6 Å². The highest BCUT2D eigenvalue weighted by molar-refractivity contribution is 5.28. The van der Waals surface area contributed by atoms with Gasteiger partial charge in [-0.3, -0.25) is 0 Å². The molecule has 1 aromatic rings. The molecule has 0 aliphatic heterocycles. The van der Waals surface area contributed by atoms with Crippen molar-refractivity contribution in [2.75, 3.05) is 0 Å². The van der Waals surface area contributed by atoms with E-state index in [1.165, 1.54) is 6.20 Å². The summed E-state index contributed by atoms with van der Waals surface area (Å²) in [5, 5.41) is 8.79. The van der Waals surface area contributed by atoms with E-state index in [1.54, 1.807) is 13.0 Å². The molecule has 0 saturated heterocycles. The summed E-state index contributed by atoms with van der Waals surface area (Å²) in [7, 11) is 0. The second-order valence-corrected chi connectivity index (χ2v) is 2.51. The molecule has 0 atom stereocenters. The van der Waals surface area contributed by atoms with Crippen LogP contribution in [-0.4, -0.2) is 16.7 Å². The fraction of sp³-hybridized carbons (Fsp3) is 0.583. The standard InChI is InChI=1S/C8H9F2NO2.2C2H6/c1-5-2-6(4-12)7(11-3-5)13-8(9)10;2*1-2/h2-3,8,12H,4H2,1H3;2*1-2H3. The maximum atomic E-state index is 11.8. The number of nitrogens with zero attached hydrogens (tertiary/aromatic N) is 1. The molecule has 1 rings (SSSR count). The van der Waals surface area contributed by atoms with Crippen LogP contribution in [0.15, 0.2) is 12.3 Å². The highest BCUT2D eigenvalue weighted by Gasteiger charge is 2.10. The Hall–Kier alpha value is -1.23. The van der Waals surface area contributed by atoms with Crippen LogP contribution in [-0.2, 0) is 6.61 Å². The molecule has 0 spiro atoms. The van der Waals surface area contributed by atoms with Crippen molar-refractivity contribution in [3.63, 3.8) is 0 Å². The quantitative estimate of drug-likeness (QED) is 0.891. The van der Waals surface area contributed by atoms with Gasteiger partial charge in [-0.25, -0.2) is 4.98 Å². The van der Waals surface area contributed by atoms with Crippen molar-refractivity contribution in [2.24, 2.45) is 0 Å². The molecule has 0 saturated carbocycles. The first kappa shape index (κ1) is 18.1. The highest BCUT2D eigenvalue weighted by Crippen LogP contribution is 2.18. The van der Waals surface area contributed by atoms with Crippen LogP contribution in [0.1, 0.15) is 38.8 Å². The minimum absolute atomic E-state index is 0.219. The summed E-state index contributed by atoms with van der Waals surface area (Å²) < 4.78 is 27.7. The number of hydrogen-bond donors (Lipinski definition) is 1. The van der Waals surface area contributed by atoms with Crippen LogP contribution in [0, 0.1) is 6.92 Å². The normalized spacial score (nSPS) is 8.76. The summed E-state index contributed by atoms with van der Waals surface area (Å²) in [6.45, 7) is 6.47. The summed E-state index contributed by atoms with van der Waals surface area (Å²) in [5.74, 6) is -0.219. The first-order valence-electron chi connectivity index (χ1n) is 5.64. The van der Waals surface area contributed by atoms with Crippen LogP contribution in [0.3, 0.4) is 0 Å². The van der Waals surface area contributed by atoms with E-state index >= 15 is 0 Å². The zero-order valence-electron chi connectivity index (χ0n) is 11.0. The third-order valence-electron chi connectivity index (χ3n) is 1.43. The lowest BCUT2D eigenvalue weighted by Gasteiger charge is -2.07. The van der Waals surface area contributed by atoms with Crippen LogP contribution in [0.5, 0.6) is 5.88 Å². The van der Waals surface area contributed by atoms with Crippen LogP contribution >= 0.6 is 0 Å². The van der Waals surface area contributed by atoms with Crippen molar-refractivity contribution in [3.05, 3.63) is 23.4 Å². The Morgan fingerprint density at radius 2 is 1.82 bits per heavy atom. The second kappa shape index (κ2) is 11.3. The molecule has 0 amide bonds. The summed E-state index contributed by atoms with van der Waals surface area (Å²) >= 11 is 0. The Bertz CT molecular complexity index is 294. The summed E-state index contributed by atoms with van der Waals surface area (Å²) in [6.07, 6.45) is 1.40. The molecule has 1 N–H and O–H groups in total. The molecule has 100 valence electrons. The number of aliphatic hydroxyl groups excluding tert-OH is 1. The zero-order valence-corrected chi connectivity index (χ0v) is 11.0. The number of pyridine rings is 1. The summed E-state index contributed by atoms with van der Waals surface area (Å²) in [6, 6.07) is 1.55. The van der Waals surface area contributed by atoms with E-state index in [-0.39, 0.29) is 18.1 Å². The lowest BCUT2D eigenvalue weighted by molar-refractivity contribution is -0.0540. The number of rotatable bonds is 3. The van der Waals surface area contributed by atoms with E-state index in [4.69, 9.17) is 5.11 Å². The van der Waals surface area contributed by atoms with Gasteiger partial charge in [-0.2, -0.15) is 8.78 Å². The van der Waals surface area contributed by atoms with Gasteiger partial charge in [-0.1, -0.05) is 27.7 Å². The molecule has 3 nitrogen and oxygen atoms in total. The fourth-order valence-electron chi connectivity index (χ4n) is 0.921. The van der Waals surface area contributed by atoms with Crippen molar-refractivity contribution >= 4 is 0 Å². The lowest BCUT2D eigenvalue weighted by atomic mass is 10.2. The maximum Gasteiger partial charge on any atom is 0.388 e. The van der Waals surface area contributed by atoms with Gasteiger partial charge in [0.05, 0.1) is 6.61 Å². The lowest BCUT2D eigenvalue weighted by Crippen LogP contribution is -2.06. The number of ether oxygens (including phenoxy) is 1. The van der Waals surface area contributed by atoms with Crippen molar-refractivity contribution in [1.29, 1.82) is 0 Å². The average Bonchev–Trinajstić information content (AvgIpc) is 2.36. The Labute approximate surface area is 101 Å². The minimum atomic E-state index is -2.92. The van der Waals surface area contributed by atoms with E-state index in [0.29, 0.717) is 0 Å². The summed E-state index contributed by atoms with van der Waals surface area (Å²) in [4.78, 5) is 3.63. The van der Waals surface area contributed by atoms with Crippen molar-refractivity contribution in [3.8, 4) is 5.88 Å². The molecule has 0 fully saturated rings. The topological polar surface area (TPSA) is 42.4 Å². The SMILES string of the molecule is CC.CC.Cc1cnc(OC(F)F)c(CO)c1. The number of hydrogen-bond acceptors (Lipinski definition) is 3. The molecular weight excluding hydrogens is 228 g/mol. The first-order valence-corrected chi connectivity index (χ1v) is 5.64. The first-order chi connectivity index (χ1) is 8.13. The molecule has 0 bridgehead atoms. The van der Waals surface area contributed by atoms with E-state index in [9.17, 15) is 8.78 Å². The van der Waals surface area contributed by atoms with Crippen molar-refractivity contribution in [2.45, 2.75) is 47.8 Å². The molecule has 0 radical (unpaired) electrons. The number of aliphatic hydroxyl groups is 1. The van der Waals surface area contributed by atoms with Gasteiger partial charge in [-0.15, -0.1) is 0 Å². The molecule has 0 aliphatic carbocycles. The molecule has 5 heteroatoms. The number of alkyl halides is 2. The Morgan fingerprint density at radius 1 is 1.29 bits per heavy atom. The highest BCUT2D eigenvalue weighted by atomic mass is 19.3. The van der Waals surface area contributed by atoms with E-state index < -0.39 is 6.61 Å². The smallest absolute Gasteiger partial charge is 0.388 e. The largest absolute Gasteiger partial charge is 0.417 e. The van der Waals surface area contributed by atoms with Crippen LogP contribution in [0.4, 0.5) is 8.78 Å². The van der Waals surface area contributed by atoms with Gasteiger partial charge in [0.25, 0.3) is 0 Å². The Balaban J connectivity index is 0. The van der Waals surface area contributed by atoms with Gasteiger partial charge >= 0.3 is 6.61 Å². The molecule has 17 heavy (non-hydrogen) atoms. The van der Waals surface area contributed by atoms with E-state index in [0.717, 1.165) is 5.56 Å². The number of halogens is 2. The van der Waals surface area contributed by atoms with E-state index in [2.05, 4.69) is 9.72 Å². The van der Waals surface area contributed by atoms with Crippen molar-refractivity contribution in [1.82, 2.24) is 4.98 Å². The van der Waals surface area contributed by atoms with Gasteiger partial charge in [0, 0.05) is 11.8 Å². The van der Waals surface area contributed by atoms with Gasteiger partial charge in [-0.05, 0) is 18.6 Å². The van der Waals surface area contributed by atoms with Crippen LogP contribution in [0.25, 0.3) is 0 Å². The minimum Gasteiger partial charge on any atom is -0.417 e. The third kappa shape index (κ3) is 7.63. The summed E-state index contributed by atoms with van der Waals surface area (Å²) in [5.41, 5.74) is 1.05. The third-order valence-corrected chi connectivity index (χ3v) is 1.43. The fourth-order valence-corrected chi connectivity index (χ4v) is 0.921. The monoisotopic (exact) mass is 249 g/mol. The molecule has 1 aromatic heterocycles. The Kier molecular flexibility index (Phi) is 12.0. The average molecular weight is 249 g/mol. The van der Waals surface area contributed by atoms with E-state index in [1.807, 2.05) is 27.7 Å². The van der Waals surface area contributed by atoms with Crippen LogP contribution < -0.4 is 4.74 Å². The second-order valence-electron chi connectivity index (χ2n) is 2.51. The predicted molar refractivity (Wildman–Crippen MR) is 64.2 cm³/mol. The van der Waals surface area contributed by atoms with Gasteiger partial charge in [0.15, 0.2) is 0 Å². The molecule has 1 heterocycles. The van der Waals surface area contributed by atoms with Gasteiger partial charge in [0.1, 0.15) is 0 Å². The Morgan fingerprint density at radius 3 is 2.24 bits per heavy atom. The molecule has 0 unspecified atom stereocenters. The molecule has 0 aromatic carbocycles. The zero-order chi connectivity index (χ0) is 13.8. The number of aromatic nitrogens is 1. The molecular formula is C12H21F2NO2. The molecule has 0 aliphatic rings. The van der Waals surface area contributed by atoms with Gasteiger partial charge in [0.2, 0.25) is 5.88 Å². The number of aryl methyl sites for hydroxylation is 1. The van der Waals surface area contributed by atoms with Crippen LogP contribution in [0.2, 0.25) is 0 Å². The van der Waals surface area contributed by atoms with Gasteiger partial charge < -0.3 is 9.84 Å². The predicted octanol–water partition coefficient (Wildman–Crippen LogP) is 3.54.